The number of ether oxygens (including phenoxy) is 1. The Morgan fingerprint density at radius 2 is 1.96 bits per heavy atom. The van der Waals surface area contributed by atoms with Crippen molar-refractivity contribution >= 4 is 12.0 Å². The van der Waals surface area contributed by atoms with Crippen LogP contribution >= 0.6 is 0 Å². The first-order chi connectivity index (χ1) is 11.8. The molecule has 1 aliphatic heterocycles. The molecule has 2 rings (SSSR count). The number of phenols is 1. The van der Waals surface area contributed by atoms with Crippen molar-refractivity contribution in [2.75, 3.05) is 26.8 Å². The fourth-order valence-electron chi connectivity index (χ4n) is 1.47. The second kappa shape index (κ2) is 13.0. The van der Waals surface area contributed by atoms with Gasteiger partial charge < -0.3 is 25.8 Å². The first-order valence-corrected chi connectivity index (χ1v) is 7.53. The highest BCUT2D eigenvalue weighted by Gasteiger charge is 2.10. The number of benzene rings is 1. The molecule has 7 N–H and O–H groups in total. The first-order valence-electron chi connectivity index (χ1n) is 7.53. The molecule has 1 atom stereocenters. The minimum absolute atomic E-state index is 0.137. The summed E-state index contributed by atoms with van der Waals surface area (Å²) in [5.74, 6) is -0.261. The summed E-state index contributed by atoms with van der Waals surface area (Å²) < 4.78 is 4.46. The molecule has 2 amide bonds. The Labute approximate surface area is 146 Å². The number of hydrogen-bond acceptors (Lipinski definition) is 8. The van der Waals surface area contributed by atoms with Gasteiger partial charge in [-0.1, -0.05) is 0 Å². The summed E-state index contributed by atoms with van der Waals surface area (Å²) in [5, 5.41) is 26.4. The van der Waals surface area contributed by atoms with Crippen LogP contribution in [0.4, 0.5) is 4.79 Å². The average molecular weight is 358 g/mol. The zero-order chi connectivity index (χ0) is 19.2. The highest BCUT2D eigenvalue weighted by Crippen LogP contribution is 2.09. The van der Waals surface area contributed by atoms with Gasteiger partial charge in [0.05, 0.1) is 25.4 Å². The number of nitrogens with zero attached hydrogens (tertiary/aromatic N) is 1. The molecule has 25 heavy (non-hydrogen) atoms. The van der Waals surface area contributed by atoms with Gasteiger partial charge >= 0.3 is 12.0 Å². The number of primary amides is 1. The van der Waals surface area contributed by atoms with Gasteiger partial charge in [-0.3, -0.25) is 5.43 Å². The van der Waals surface area contributed by atoms with E-state index in [1.54, 1.807) is 5.12 Å². The Morgan fingerprint density at radius 1 is 1.40 bits per heavy atom. The van der Waals surface area contributed by atoms with Crippen LogP contribution in [0.2, 0.25) is 0 Å². The molecule has 1 aromatic carbocycles. The topological polar surface area (TPSA) is 157 Å². The number of methoxy groups -OCH3 is 1. The number of hydrogen-bond donors (Lipinski definition) is 6. The Balaban J connectivity index is 0.000000372. The average Bonchev–Trinajstić information content (AvgIpc) is 3.08. The third-order valence-corrected chi connectivity index (χ3v) is 2.66. The number of nitrogens with one attached hydrogen (secondary N) is 2. The van der Waals surface area contributed by atoms with Crippen molar-refractivity contribution in [1.29, 1.82) is 0 Å². The number of aromatic hydroxyl groups is 1. The summed E-state index contributed by atoms with van der Waals surface area (Å²) in [4.78, 5) is 21.0. The van der Waals surface area contributed by atoms with Crippen molar-refractivity contribution in [2.24, 2.45) is 5.73 Å². The standard InChI is InChI=1S/C8H8O3.C4H10N4O.C3H8O2/c1-11-8(10)6-2-4-7(9)5-3-6;5-4(9)7-8-3-1-2-6-8;1-3(5)2-4/h2-5,9H,1H3;6H,1-3H2,(H3,5,7,9);3-5H,2H2,1H3. The second-order valence-electron chi connectivity index (χ2n) is 4.96. The van der Waals surface area contributed by atoms with Crippen LogP contribution in [-0.2, 0) is 4.74 Å². The summed E-state index contributed by atoms with van der Waals surface area (Å²) in [6, 6.07) is 5.35. The maximum atomic E-state index is 10.8. The summed E-state index contributed by atoms with van der Waals surface area (Å²) in [5.41, 5.74) is 10.6. The lowest BCUT2D eigenvalue weighted by atomic mass is 10.2. The zero-order valence-electron chi connectivity index (χ0n) is 14.3. The highest BCUT2D eigenvalue weighted by molar-refractivity contribution is 5.89. The molecule has 0 saturated carbocycles. The van der Waals surface area contributed by atoms with E-state index in [2.05, 4.69) is 15.6 Å². The number of nitrogens with two attached hydrogens (primary N) is 1. The maximum absolute atomic E-state index is 10.8. The van der Waals surface area contributed by atoms with Crippen molar-refractivity contribution in [3.63, 3.8) is 0 Å². The van der Waals surface area contributed by atoms with Crippen molar-refractivity contribution in [3.05, 3.63) is 29.8 Å². The lowest BCUT2D eigenvalue weighted by Gasteiger charge is -2.13. The summed E-state index contributed by atoms with van der Waals surface area (Å²) in [6.07, 6.45) is 0.482. The lowest BCUT2D eigenvalue weighted by Crippen LogP contribution is -2.48. The number of hydrazine groups is 2. The summed E-state index contributed by atoms with van der Waals surface area (Å²) in [6.45, 7) is 3.11. The van der Waals surface area contributed by atoms with Crippen molar-refractivity contribution in [1.82, 2.24) is 16.0 Å². The third-order valence-electron chi connectivity index (χ3n) is 2.66. The van der Waals surface area contributed by atoms with Crippen LogP contribution in [0.3, 0.4) is 0 Å². The molecule has 0 bridgehead atoms. The minimum atomic E-state index is -0.560. The first kappa shape index (κ1) is 22.6. The molecule has 1 fully saturated rings. The van der Waals surface area contributed by atoms with Gasteiger partial charge in [0.25, 0.3) is 0 Å². The Bertz CT molecular complexity index is 503. The molecular formula is C15H26N4O6. The van der Waals surface area contributed by atoms with E-state index in [0.29, 0.717) is 5.56 Å². The monoisotopic (exact) mass is 358 g/mol. The molecule has 1 heterocycles. The van der Waals surface area contributed by atoms with Gasteiger partial charge in [0.2, 0.25) is 0 Å². The van der Waals surface area contributed by atoms with Gasteiger partial charge in [0.1, 0.15) is 5.75 Å². The molecule has 142 valence electrons. The number of esters is 1. The fourth-order valence-corrected chi connectivity index (χ4v) is 1.47. The molecule has 0 aromatic heterocycles. The quantitative estimate of drug-likeness (QED) is 0.388. The van der Waals surface area contributed by atoms with E-state index in [1.165, 1.54) is 38.3 Å². The number of amides is 2. The molecular weight excluding hydrogens is 332 g/mol. The summed E-state index contributed by atoms with van der Waals surface area (Å²) in [7, 11) is 1.31. The highest BCUT2D eigenvalue weighted by atomic mass is 16.5. The molecule has 1 saturated heterocycles. The third kappa shape index (κ3) is 11.7. The predicted molar refractivity (Wildman–Crippen MR) is 90.3 cm³/mol. The number of aliphatic hydroxyl groups excluding tert-OH is 2. The zero-order valence-corrected chi connectivity index (χ0v) is 14.3. The Kier molecular flexibility index (Phi) is 11.7. The van der Waals surface area contributed by atoms with E-state index >= 15 is 0 Å². The molecule has 10 nitrogen and oxygen atoms in total. The van der Waals surface area contributed by atoms with Crippen LogP contribution in [0, 0.1) is 0 Å². The van der Waals surface area contributed by atoms with Crippen molar-refractivity contribution in [2.45, 2.75) is 19.4 Å². The molecule has 0 spiro atoms. The van der Waals surface area contributed by atoms with Crippen molar-refractivity contribution < 1.29 is 29.6 Å². The van der Waals surface area contributed by atoms with Gasteiger partial charge in [-0.2, -0.15) is 5.12 Å². The number of phenolic OH excluding ortho intramolecular Hbond substituents is 1. The van der Waals surface area contributed by atoms with Gasteiger partial charge in [-0.25, -0.2) is 15.0 Å². The normalized spacial score (nSPS) is 14.2. The summed E-state index contributed by atoms with van der Waals surface area (Å²) >= 11 is 0. The number of aliphatic hydroxyl groups is 2. The van der Waals surface area contributed by atoms with Crippen LogP contribution in [-0.4, -0.2) is 65.3 Å². The number of carbonyl (C=O) groups is 2. The molecule has 1 unspecified atom stereocenters. The number of rotatable bonds is 3. The Morgan fingerprint density at radius 3 is 2.32 bits per heavy atom. The molecule has 0 aliphatic carbocycles. The predicted octanol–water partition coefficient (Wildman–Crippen LogP) is -0.682. The van der Waals surface area contributed by atoms with Crippen LogP contribution in [0.1, 0.15) is 23.7 Å². The Hall–Kier alpha value is -2.40. The minimum Gasteiger partial charge on any atom is -0.508 e. The molecule has 10 heteroatoms. The maximum Gasteiger partial charge on any atom is 0.337 e. The molecule has 1 aliphatic rings. The van der Waals surface area contributed by atoms with Gasteiger partial charge in [-0.15, -0.1) is 0 Å². The van der Waals surface area contributed by atoms with Gasteiger partial charge in [-0.05, 0) is 37.6 Å². The molecule has 0 radical (unpaired) electrons. The largest absolute Gasteiger partial charge is 0.508 e. The van der Waals surface area contributed by atoms with E-state index in [0.717, 1.165) is 19.5 Å². The fraction of sp³-hybridized carbons (Fsp3) is 0.467. The van der Waals surface area contributed by atoms with Gasteiger partial charge in [0, 0.05) is 13.1 Å². The van der Waals surface area contributed by atoms with E-state index in [1.807, 2.05) is 0 Å². The van der Waals surface area contributed by atoms with E-state index in [-0.39, 0.29) is 12.4 Å². The van der Waals surface area contributed by atoms with E-state index < -0.39 is 18.1 Å². The van der Waals surface area contributed by atoms with Crippen LogP contribution in [0.5, 0.6) is 5.75 Å². The van der Waals surface area contributed by atoms with Crippen LogP contribution in [0.25, 0.3) is 0 Å². The number of carbonyl (C=O) groups excluding carboxylic acids is 2. The molecule has 1 aromatic rings. The van der Waals surface area contributed by atoms with Gasteiger partial charge in [0.15, 0.2) is 0 Å². The second-order valence-corrected chi connectivity index (χ2v) is 4.96. The number of urea groups is 1. The van der Waals surface area contributed by atoms with E-state index in [4.69, 9.17) is 21.1 Å². The van der Waals surface area contributed by atoms with Crippen molar-refractivity contribution in [3.8, 4) is 5.75 Å². The SMILES string of the molecule is CC(O)CO.COC(=O)c1ccc(O)cc1.NC(=O)NN1CCCN1. The lowest BCUT2D eigenvalue weighted by molar-refractivity contribution is 0.0600. The van der Waals surface area contributed by atoms with Crippen LogP contribution in [0.15, 0.2) is 24.3 Å². The van der Waals surface area contributed by atoms with E-state index in [9.17, 15) is 9.59 Å². The van der Waals surface area contributed by atoms with Crippen LogP contribution < -0.4 is 16.6 Å². The smallest absolute Gasteiger partial charge is 0.337 e.